The standard InChI is InChI=1S/C26H26N4O4S/c31-23(27-19-11-12-19)21-16-35-25(29-21)18-8-4-9-20(14-18)28-24(32)22-10-5-13-30(22)26(33)34-15-17-6-2-1-3-7-17/h1-4,6-9,14,16,19,22H,5,10-13,15H2,(H,27,31)(H,28,32)/t22-/m0/s1. The number of carbonyl (C=O) groups is 3. The van der Waals surface area contributed by atoms with Gasteiger partial charge in [-0.15, -0.1) is 11.3 Å². The van der Waals surface area contributed by atoms with Crippen LogP contribution in [0.5, 0.6) is 0 Å². The van der Waals surface area contributed by atoms with Crippen molar-refractivity contribution in [3.63, 3.8) is 0 Å². The molecule has 2 heterocycles. The zero-order chi connectivity index (χ0) is 24.2. The highest BCUT2D eigenvalue weighted by Crippen LogP contribution is 2.28. The van der Waals surface area contributed by atoms with E-state index in [4.69, 9.17) is 4.74 Å². The summed E-state index contributed by atoms with van der Waals surface area (Å²) >= 11 is 1.39. The number of benzene rings is 2. The predicted molar refractivity (Wildman–Crippen MR) is 133 cm³/mol. The molecule has 9 heteroatoms. The molecule has 2 aliphatic rings. The molecule has 0 radical (unpaired) electrons. The molecule has 1 saturated heterocycles. The molecule has 0 spiro atoms. The number of hydrogen-bond donors (Lipinski definition) is 2. The first-order chi connectivity index (χ1) is 17.1. The predicted octanol–water partition coefficient (Wildman–Crippen LogP) is 4.44. The Hall–Kier alpha value is -3.72. The molecule has 1 saturated carbocycles. The van der Waals surface area contributed by atoms with E-state index in [1.54, 1.807) is 11.4 Å². The topological polar surface area (TPSA) is 101 Å². The number of hydrogen-bond acceptors (Lipinski definition) is 6. The van der Waals surface area contributed by atoms with Crippen LogP contribution in [0.2, 0.25) is 0 Å². The van der Waals surface area contributed by atoms with Gasteiger partial charge in [-0.1, -0.05) is 42.5 Å². The van der Waals surface area contributed by atoms with Crippen LogP contribution in [0.3, 0.4) is 0 Å². The summed E-state index contributed by atoms with van der Waals surface area (Å²) in [5.41, 5.74) is 2.72. The van der Waals surface area contributed by atoms with Crippen LogP contribution in [0.1, 0.15) is 41.7 Å². The molecule has 2 aromatic carbocycles. The van der Waals surface area contributed by atoms with Crippen LogP contribution in [-0.2, 0) is 16.1 Å². The van der Waals surface area contributed by atoms with Gasteiger partial charge in [0.15, 0.2) is 0 Å². The quantitative estimate of drug-likeness (QED) is 0.510. The molecule has 2 N–H and O–H groups in total. The lowest BCUT2D eigenvalue weighted by molar-refractivity contribution is -0.120. The number of aromatic nitrogens is 1. The molecule has 1 aromatic heterocycles. The van der Waals surface area contributed by atoms with Gasteiger partial charge in [-0.25, -0.2) is 9.78 Å². The third-order valence-corrected chi connectivity index (χ3v) is 6.91. The van der Waals surface area contributed by atoms with Crippen molar-refractivity contribution in [2.24, 2.45) is 0 Å². The lowest BCUT2D eigenvalue weighted by atomic mass is 10.1. The Morgan fingerprint density at radius 2 is 1.89 bits per heavy atom. The summed E-state index contributed by atoms with van der Waals surface area (Å²) in [6.45, 7) is 0.650. The highest BCUT2D eigenvalue weighted by molar-refractivity contribution is 7.13. The smallest absolute Gasteiger partial charge is 0.410 e. The van der Waals surface area contributed by atoms with Crippen molar-refractivity contribution >= 4 is 34.9 Å². The summed E-state index contributed by atoms with van der Waals surface area (Å²) in [4.78, 5) is 43.9. The van der Waals surface area contributed by atoms with Crippen molar-refractivity contribution in [2.45, 2.75) is 44.4 Å². The average Bonchev–Trinajstić information content (AvgIpc) is 3.35. The molecule has 1 aliphatic heterocycles. The summed E-state index contributed by atoms with van der Waals surface area (Å²) in [5.74, 6) is -0.403. The number of thiazole rings is 1. The van der Waals surface area contributed by atoms with Gasteiger partial charge in [-0.2, -0.15) is 0 Å². The number of likely N-dealkylation sites (tertiary alicyclic amines) is 1. The molecule has 1 aliphatic carbocycles. The van der Waals surface area contributed by atoms with E-state index in [1.165, 1.54) is 16.2 Å². The number of carbonyl (C=O) groups excluding carboxylic acids is 3. The van der Waals surface area contributed by atoms with Crippen molar-refractivity contribution in [3.8, 4) is 10.6 Å². The van der Waals surface area contributed by atoms with Gasteiger partial charge in [-0.05, 0) is 43.4 Å². The Balaban J connectivity index is 1.21. The molecule has 180 valence electrons. The van der Waals surface area contributed by atoms with Crippen LogP contribution in [0.25, 0.3) is 10.6 Å². The van der Waals surface area contributed by atoms with E-state index in [1.807, 2.05) is 48.5 Å². The Morgan fingerprint density at radius 1 is 1.06 bits per heavy atom. The van der Waals surface area contributed by atoms with Crippen molar-refractivity contribution in [2.75, 3.05) is 11.9 Å². The maximum absolute atomic E-state index is 13.0. The lowest BCUT2D eigenvalue weighted by Crippen LogP contribution is -2.43. The van der Waals surface area contributed by atoms with E-state index in [0.717, 1.165) is 30.4 Å². The summed E-state index contributed by atoms with van der Waals surface area (Å²) in [5, 5.41) is 8.32. The summed E-state index contributed by atoms with van der Waals surface area (Å²) in [6, 6.07) is 16.5. The van der Waals surface area contributed by atoms with Crippen LogP contribution < -0.4 is 10.6 Å². The number of nitrogens with one attached hydrogen (secondary N) is 2. The van der Waals surface area contributed by atoms with E-state index in [0.29, 0.717) is 29.4 Å². The lowest BCUT2D eigenvalue weighted by Gasteiger charge is -2.23. The number of ether oxygens (including phenoxy) is 1. The van der Waals surface area contributed by atoms with Gasteiger partial charge < -0.3 is 15.4 Å². The number of amides is 3. The molecule has 3 aromatic rings. The first-order valence-electron chi connectivity index (χ1n) is 11.7. The van der Waals surface area contributed by atoms with Gasteiger partial charge in [0, 0.05) is 29.2 Å². The third-order valence-electron chi connectivity index (χ3n) is 6.02. The monoisotopic (exact) mass is 490 g/mol. The van der Waals surface area contributed by atoms with Gasteiger partial charge >= 0.3 is 6.09 Å². The maximum atomic E-state index is 13.0. The van der Waals surface area contributed by atoms with E-state index in [-0.39, 0.29) is 24.5 Å². The van der Waals surface area contributed by atoms with Crippen LogP contribution in [0, 0.1) is 0 Å². The van der Waals surface area contributed by atoms with Crippen LogP contribution in [0.15, 0.2) is 60.0 Å². The first kappa shape index (κ1) is 23.0. The minimum absolute atomic E-state index is 0.153. The molecule has 0 unspecified atom stereocenters. The van der Waals surface area contributed by atoms with Crippen LogP contribution in [0.4, 0.5) is 10.5 Å². The number of rotatable bonds is 7. The summed E-state index contributed by atoms with van der Waals surface area (Å²) < 4.78 is 5.44. The third kappa shape index (κ3) is 5.68. The van der Waals surface area contributed by atoms with Crippen LogP contribution in [-0.4, -0.2) is 46.4 Å². The van der Waals surface area contributed by atoms with Crippen molar-refractivity contribution in [1.29, 1.82) is 0 Å². The normalized spacial score (nSPS) is 17.1. The molecule has 2 fully saturated rings. The number of anilines is 1. The zero-order valence-corrected chi connectivity index (χ0v) is 19.9. The summed E-state index contributed by atoms with van der Waals surface area (Å²) in [7, 11) is 0. The zero-order valence-electron chi connectivity index (χ0n) is 19.1. The van der Waals surface area contributed by atoms with Crippen molar-refractivity contribution in [3.05, 3.63) is 71.2 Å². The second kappa shape index (κ2) is 10.3. The van der Waals surface area contributed by atoms with Gasteiger partial charge in [0.2, 0.25) is 5.91 Å². The Morgan fingerprint density at radius 3 is 2.69 bits per heavy atom. The van der Waals surface area contributed by atoms with Gasteiger partial charge in [-0.3, -0.25) is 14.5 Å². The average molecular weight is 491 g/mol. The Kier molecular flexibility index (Phi) is 6.76. The van der Waals surface area contributed by atoms with E-state index >= 15 is 0 Å². The molecule has 0 bridgehead atoms. The van der Waals surface area contributed by atoms with Gasteiger partial charge in [0.1, 0.15) is 23.4 Å². The molecular weight excluding hydrogens is 464 g/mol. The fraction of sp³-hybridized carbons (Fsp3) is 0.308. The fourth-order valence-corrected chi connectivity index (χ4v) is 4.81. The molecule has 8 nitrogen and oxygen atoms in total. The molecule has 1 atom stereocenters. The Bertz CT molecular complexity index is 1220. The van der Waals surface area contributed by atoms with Crippen LogP contribution >= 0.6 is 11.3 Å². The Labute approximate surface area is 207 Å². The van der Waals surface area contributed by atoms with E-state index < -0.39 is 12.1 Å². The second-order valence-corrected chi connectivity index (χ2v) is 9.61. The fourth-order valence-electron chi connectivity index (χ4n) is 4.01. The minimum Gasteiger partial charge on any atom is -0.445 e. The molecular formula is C26H26N4O4S. The first-order valence-corrected chi connectivity index (χ1v) is 12.6. The molecule has 5 rings (SSSR count). The molecule has 3 amide bonds. The largest absolute Gasteiger partial charge is 0.445 e. The molecule has 35 heavy (non-hydrogen) atoms. The second-order valence-electron chi connectivity index (χ2n) is 8.75. The SMILES string of the molecule is O=C(NC1CC1)c1csc(-c2cccc(NC(=O)[C@@H]3CCCN3C(=O)OCc3ccccc3)c2)n1. The van der Waals surface area contributed by atoms with E-state index in [9.17, 15) is 14.4 Å². The van der Waals surface area contributed by atoms with Gasteiger partial charge in [0.25, 0.3) is 5.91 Å². The minimum atomic E-state index is -0.584. The highest BCUT2D eigenvalue weighted by Gasteiger charge is 2.35. The maximum Gasteiger partial charge on any atom is 0.410 e. The highest BCUT2D eigenvalue weighted by atomic mass is 32.1. The van der Waals surface area contributed by atoms with E-state index in [2.05, 4.69) is 15.6 Å². The number of nitrogens with zero attached hydrogens (tertiary/aromatic N) is 2. The van der Waals surface area contributed by atoms with Gasteiger partial charge in [0.05, 0.1) is 0 Å². The van der Waals surface area contributed by atoms with Crippen molar-refractivity contribution in [1.82, 2.24) is 15.2 Å². The van der Waals surface area contributed by atoms with Crippen molar-refractivity contribution < 1.29 is 19.1 Å². The summed E-state index contributed by atoms with van der Waals surface area (Å²) in [6.07, 6.45) is 2.88.